The number of benzene rings is 1. The van der Waals surface area contributed by atoms with E-state index in [0.717, 1.165) is 29.5 Å². The summed E-state index contributed by atoms with van der Waals surface area (Å²) in [6.07, 6.45) is 2.52. The van der Waals surface area contributed by atoms with Crippen molar-refractivity contribution in [3.05, 3.63) is 28.2 Å². The van der Waals surface area contributed by atoms with Crippen molar-refractivity contribution in [2.75, 3.05) is 7.11 Å². The monoisotopic (exact) mass is 272 g/mol. The van der Waals surface area contributed by atoms with E-state index in [1.54, 1.807) is 7.11 Å². The number of aliphatic hydroxyl groups is 1. The van der Waals surface area contributed by atoms with Gasteiger partial charge in [-0.25, -0.2) is 0 Å². The average Bonchev–Trinajstić information content (AvgIpc) is 2.17. The van der Waals surface area contributed by atoms with Gasteiger partial charge in [-0.1, -0.05) is 15.9 Å². The van der Waals surface area contributed by atoms with Gasteiger partial charge in [-0.2, -0.15) is 0 Å². The zero-order valence-corrected chi connectivity index (χ0v) is 10.8. The Morgan fingerprint density at radius 1 is 1.47 bits per heavy atom. The second-order valence-corrected chi connectivity index (χ2v) is 4.61. The fourth-order valence-corrected chi connectivity index (χ4v) is 1.94. The van der Waals surface area contributed by atoms with E-state index in [1.165, 1.54) is 5.56 Å². The van der Waals surface area contributed by atoms with Crippen molar-refractivity contribution in [1.82, 2.24) is 0 Å². The number of hydrogen-bond donors (Lipinski definition) is 1. The van der Waals surface area contributed by atoms with Crippen molar-refractivity contribution in [3.8, 4) is 5.75 Å². The minimum atomic E-state index is -0.219. The second kappa shape index (κ2) is 6.13. The Hall–Kier alpha value is -0.540. The average molecular weight is 273 g/mol. The minimum Gasteiger partial charge on any atom is -0.496 e. The van der Waals surface area contributed by atoms with E-state index in [4.69, 9.17) is 4.74 Å². The van der Waals surface area contributed by atoms with E-state index in [9.17, 15) is 5.11 Å². The van der Waals surface area contributed by atoms with Gasteiger partial charge in [0.15, 0.2) is 0 Å². The Morgan fingerprint density at radius 3 is 2.80 bits per heavy atom. The van der Waals surface area contributed by atoms with Crippen LogP contribution in [0.3, 0.4) is 0 Å². The third-order valence-electron chi connectivity index (χ3n) is 2.31. The molecule has 84 valence electrons. The van der Waals surface area contributed by atoms with Crippen molar-refractivity contribution in [3.63, 3.8) is 0 Å². The van der Waals surface area contributed by atoms with Crippen molar-refractivity contribution < 1.29 is 9.84 Å². The first-order chi connectivity index (χ1) is 7.13. The van der Waals surface area contributed by atoms with Crippen molar-refractivity contribution in [2.24, 2.45) is 0 Å². The van der Waals surface area contributed by atoms with E-state index >= 15 is 0 Å². The van der Waals surface area contributed by atoms with Gasteiger partial charge in [0, 0.05) is 4.47 Å². The molecule has 1 aromatic carbocycles. The molecule has 1 atom stereocenters. The lowest BCUT2D eigenvalue weighted by atomic mass is 10.1. The number of methoxy groups -OCH3 is 1. The highest BCUT2D eigenvalue weighted by Crippen LogP contribution is 2.24. The van der Waals surface area contributed by atoms with Gasteiger partial charge in [0.25, 0.3) is 0 Å². The van der Waals surface area contributed by atoms with Crippen LogP contribution in [0.1, 0.15) is 25.3 Å². The van der Waals surface area contributed by atoms with Crippen LogP contribution in [0.4, 0.5) is 0 Å². The highest BCUT2D eigenvalue weighted by Gasteiger charge is 2.04. The summed E-state index contributed by atoms with van der Waals surface area (Å²) in [6, 6.07) is 6.00. The molecule has 0 fully saturated rings. The van der Waals surface area contributed by atoms with Gasteiger partial charge < -0.3 is 9.84 Å². The van der Waals surface area contributed by atoms with Crippen LogP contribution in [0.2, 0.25) is 0 Å². The van der Waals surface area contributed by atoms with Crippen molar-refractivity contribution >= 4 is 15.9 Å². The molecule has 1 rings (SSSR count). The topological polar surface area (TPSA) is 29.5 Å². The van der Waals surface area contributed by atoms with Crippen LogP contribution in [-0.2, 0) is 6.42 Å². The van der Waals surface area contributed by atoms with Gasteiger partial charge in [-0.05, 0) is 49.9 Å². The molecule has 0 aromatic heterocycles. The maximum atomic E-state index is 9.17. The number of halogens is 1. The molecule has 0 aliphatic carbocycles. The van der Waals surface area contributed by atoms with E-state index in [2.05, 4.69) is 22.0 Å². The Bertz CT molecular complexity index is 310. The van der Waals surface area contributed by atoms with Crippen LogP contribution >= 0.6 is 15.9 Å². The van der Waals surface area contributed by atoms with Crippen molar-refractivity contribution in [2.45, 2.75) is 32.3 Å². The van der Waals surface area contributed by atoms with E-state index < -0.39 is 0 Å². The molecule has 1 unspecified atom stereocenters. The Morgan fingerprint density at radius 2 is 2.20 bits per heavy atom. The molecule has 2 nitrogen and oxygen atoms in total. The number of aliphatic hydroxyl groups excluding tert-OH is 1. The lowest BCUT2D eigenvalue weighted by Crippen LogP contribution is -2.00. The van der Waals surface area contributed by atoms with Gasteiger partial charge in [0.05, 0.1) is 13.2 Å². The van der Waals surface area contributed by atoms with E-state index in [0.29, 0.717) is 0 Å². The molecule has 0 bridgehead atoms. The van der Waals surface area contributed by atoms with Crippen LogP contribution in [-0.4, -0.2) is 18.3 Å². The van der Waals surface area contributed by atoms with E-state index in [-0.39, 0.29) is 6.10 Å². The molecular formula is C12H17BrO2. The lowest BCUT2D eigenvalue weighted by molar-refractivity contribution is 0.181. The largest absolute Gasteiger partial charge is 0.496 e. The molecule has 0 heterocycles. The van der Waals surface area contributed by atoms with E-state index in [1.807, 2.05) is 19.1 Å². The molecule has 0 amide bonds. The van der Waals surface area contributed by atoms with Crippen LogP contribution in [0.5, 0.6) is 5.75 Å². The molecule has 0 spiro atoms. The quantitative estimate of drug-likeness (QED) is 0.893. The first-order valence-electron chi connectivity index (χ1n) is 5.14. The van der Waals surface area contributed by atoms with Crippen LogP contribution in [0.15, 0.2) is 22.7 Å². The van der Waals surface area contributed by atoms with Crippen LogP contribution < -0.4 is 4.74 Å². The SMILES string of the molecule is COc1ccc(Br)cc1CCCC(C)O. The number of rotatable bonds is 5. The highest BCUT2D eigenvalue weighted by atomic mass is 79.9. The molecule has 0 aliphatic heterocycles. The molecule has 1 aromatic rings. The number of ether oxygens (including phenoxy) is 1. The van der Waals surface area contributed by atoms with Crippen molar-refractivity contribution in [1.29, 1.82) is 0 Å². The second-order valence-electron chi connectivity index (χ2n) is 3.70. The first-order valence-corrected chi connectivity index (χ1v) is 5.93. The standard InChI is InChI=1S/C12H17BrO2/c1-9(14)4-3-5-10-8-11(13)6-7-12(10)15-2/h6-9,14H,3-5H2,1-2H3. The third-order valence-corrected chi connectivity index (χ3v) is 2.80. The molecule has 15 heavy (non-hydrogen) atoms. The summed E-state index contributed by atoms with van der Waals surface area (Å²) in [5.74, 6) is 0.920. The predicted molar refractivity (Wildman–Crippen MR) is 65.3 cm³/mol. The number of hydrogen-bond acceptors (Lipinski definition) is 2. The Balaban J connectivity index is 2.62. The normalized spacial score (nSPS) is 12.5. The van der Waals surface area contributed by atoms with Crippen LogP contribution in [0.25, 0.3) is 0 Å². The summed E-state index contributed by atoms with van der Waals surface area (Å²) >= 11 is 3.44. The minimum absolute atomic E-state index is 0.219. The molecule has 1 N–H and O–H groups in total. The molecule has 3 heteroatoms. The summed E-state index contributed by atoms with van der Waals surface area (Å²) < 4.78 is 6.34. The predicted octanol–water partition coefficient (Wildman–Crippen LogP) is 3.16. The lowest BCUT2D eigenvalue weighted by Gasteiger charge is -2.09. The fourth-order valence-electron chi connectivity index (χ4n) is 1.53. The van der Waals surface area contributed by atoms with Gasteiger partial charge in [0.2, 0.25) is 0 Å². The zero-order chi connectivity index (χ0) is 11.3. The highest BCUT2D eigenvalue weighted by molar-refractivity contribution is 9.10. The van der Waals surface area contributed by atoms with Gasteiger partial charge in [-0.3, -0.25) is 0 Å². The van der Waals surface area contributed by atoms with Crippen LogP contribution in [0, 0.1) is 0 Å². The molecule has 0 aliphatic rings. The van der Waals surface area contributed by atoms with Gasteiger partial charge in [-0.15, -0.1) is 0 Å². The maximum Gasteiger partial charge on any atom is 0.122 e. The number of aryl methyl sites for hydroxylation is 1. The Labute approximate surface area is 99.4 Å². The summed E-state index contributed by atoms with van der Waals surface area (Å²) in [6.45, 7) is 1.82. The smallest absolute Gasteiger partial charge is 0.122 e. The van der Waals surface area contributed by atoms with Gasteiger partial charge in [0.1, 0.15) is 5.75 Å². The Kier molecular flexibility index (Phi) is 5.12. The summed E-state index contributed by atoms with van der Waals surface area (Å²) in [5, 5.41) is 9.17. The van der Waals surface area contributed by atoms with Gasteiger partial charge >= 0.3 is 0 Å². The summed E-state index contributed by atoms with van der Waals surface area (Å²) in [4.78, 5) is 0. The first kappa shape index (κ1) is 12.5. The molecular weight excluding hydrogens is 256 g/mol. The summed E-state index contributed by atoms with van der Waals surface area (Å²) in [5.41, 5.74) is 1.19. The maximum absolute atomic E-state index is 9.17. The fraction of sp³-hybridized carbons (Fsp3) is 0.500. The molecule has 0 saturated heterocycles. The zero-order valence-electron chi connectivity index (χ0n) is 9.16. The molecule has 0 saturated carbocycles. The molecule has 0 radical (unpaired) electrons. The summed E-state index contributed by atoms with van der Waals surface area (Å²) in [7, 11) is 1.68. The third kappa shape index (κ3) is 4.22.